The minimum atomic E-state index is -3.19. The summed E-state index contributed by atoms with van der Waals surface area (Å²) in [5.41, 5.74) is 0.689. The van der Waals surface area contributed by atoms with Crippen LogP contribution >= 0.6 is 0 Å². The molecule has 0 aliphatic rings. The highest BCUT2D eigenvalue weighted by Crippen LogP contribution is 2.24. The highest BCUT2D eigenvalue weighted by atomic mass is 32.2. The van der Waals surface area contributed by atoms with Crippen molar-refractivity contribution in [1.29, 1.82) is 0 Å². The maximum Gasteiger partial charge on any atom is 0.182 e. The van der Waals surface area contributed by atoms with Crippen molar-refractivity contribution in [1.82, 2.24) is 0 Å². The van der Waals surface area contributed by atoms with Crippen molar-refractivity contribution in [2.45, 2.75) is 30.9 Å². The summed E-state index contributed by atoms with van der Waals surface area (Å²) < 4.78 is 24.0. The number of hydrogen-bond acceptors (Lipinski definition) is 3. The van der Waals surface area contributed by atoms with Crippen LogP contribution in [0.3, 0.4) is 0 Å². The molecule has 1 aromatic carbocycles. The van der Waals surface area contributed by atoms with Crippen molar-refractivity contribution in [2.24, 2.45) is 0 Å². The molecule has 15 heavy (non-hydrogen) atoms. The van der Waals surface area contributed by atoms with Crippen molar-refractivity contribution in [2.75, 3.05) is 11.9 Å². The first-order valence-corrected chi connectivity index (χ1v) is 6.61. The fraction of sp³-hybridized carbons (Fsp3) is 0.455. The number of rotatable bonds is 4. The third-order valence-electron chi connectivity index (χ3n) is 2.18. The van der Waals surface area contributed by atoms with E-state index in [9.17, 15) is 8.42 Å². The second-order valence-electron chi connectivity index (χ2n) is 3.62. The molecule has 1 aromatic rings. The van der Waals surface area contributed by atoms with Crippen molar-refractivity contribution >= 4 is 15.5 Å². The molecule has 0 unspecified atom stereocenters. The molecule has 4 heteroatoms. The van der Waals surface area contributed by atoms with Gasteiger partial charge >= 0.3 is 0 Å². The lowest BCUT2D eigenvalue weighted by Gasteiger charge is -2.13. The zero-order chi connectivity index (χ0) is 11.5. The molecule has 0 radical (unpaired) electrons. The van der Waals surface area contributed by atoms with Crippen molar-refractivity contribution < 1.29 is 8.42 Å². The fourth-order valence-electron chi connectivity index (χ4n) is 1.31. The summed E-state index contributed by atoms with van der Waals surface area (Å²) in [4.78, 5) is 0.391. The van der Waals surface area contributed by atoms with Gasteiger partial charge in [-0.3, -0.25) is 0 Å². The summed E-state index contributed by atoms with van der Waals surface area (Å²) in [5.74, 6) is 0. The predicted molar refractivity (Wildman–Crippen MR) is 62.9 cm³/mol. The highest BCUT2D eigenvalue weighted by Gasteiger charge is 2.21. The summed E-state index contributed by atoms with van der Waals surface area (Å²) in [6.45, 7) is 6.04. The third-order valence-corrected chi connectivity index (χ3v) is 4.39. The molecule has 0 aromatic heterocycles. The molecule has 84 valence electrons. The molecule has 0 heterocycles. The van der Waals surface area contributed by atoms with Crippen LogP contribution in [0, 0.1) is 0 Å². The van der Waals surface area contributed by atoms with Crippen LogP contribution in [0.2, 0.25) is 0 Å². The summed E-state index contributed by atoms with van der Waals surface area (Å²) in [6.07, 6.45) is 0. The Bertz CT molecular complexity index is 424. The molecule has 0 aliphatic heterocycles. The molecule has 0 saturated carbocycles. The zero-order valence-corrected chi connectivity index (χ0v) is 10.1. The maximum atomic E-state index is 12.0. The Hall–Kier alpha value is -1.03. The van der Waals surface area contributed by atoms with Gasteiger partial charge in [-0.2, -0.15) is 0 Å². The van der Waals surface area contributed by atoms with Crippen LogP contribution in [0.4, 0.5) is 5.69 Å². The number of anilines is 1. The van der Waals surface area contributed by atoms with Crippen LogP contribution in [-0.4, -0.2) is 20.2 Å². The first-order chi connectivity index (χ1) is 7.00. The Morgan fingerprint density at radius 1 is 1.27 bits per heavy atom. The van der Waals surface area contributed by atoms with Gasteiger partial charge in [0.05, 0.1) is 15.8 Å². The van der Waals surface area contributed by atoms with E-state index in [2.05, 4.69) is 5.32 Å². The first kappa shape index (κ1) is 12.0. The maximum absolute atomic E-state index is 12.0. The van der Waals surface area contributed by atoms with Crippen molar-refractivity contribution in [3.8, 4) is 0 Å². The van der Waals surface area contributed by atoms with Gasteiger partial charge in [-0.1, -0.05) is 12.1 Å². The largest absolute Gasteiger partial charge is 0.384 e. The number of hydrogen-bond donors (Lipinski definition) is 1. The molecule has 0 aliphatic carbocycles. The molecule has 0 spiro atoms. The fourth-order valence-corrected chi connectivity index (χ4v) is 2.53. The van der Waals surface area contributed by atoms with E-state index in [0.29, 0.717) is 17.1 Å². The Morgan fingerprint density at radius 2 is 1.87 bits per heavy atom. The van der Waals surface area contributed by atoms with E-state index in [1.54, 1.807) is 32.0 Å². The normalized spacial score (nSPS) is 11.7. The van der Waals surface area contributed by atoms with E-state index in [0.717, 1.165) is 0 Å². The molecule has 1 N–H and O–H groups in total. The van der Waals surface area contributed by atoms with Crippen molar-refractivity contribution in [3.05, 3.63) is 24.3 Å². The molecule has 0 bridgehead atoms. The quantitative estimate of drug-likeness (QED) is 0.858. The molecular formula is C11H17NO2S. The minimum Gasteiger partial charge on any atom is -0.384 e. The summed E-state index contributed by atoms with van der Waals surface area (Å²) in [7, 11) is -3.19. The van der Waals surface area contributed by atoms with Crippen LogP contribution in [0.1, 0.15) is 20.8 Å². The lowest BCUT2D eigenvalue weighted by Crippen LogP contribution is -2.16. The van der Waals surface area contributed by atoms with Gasteiger partial charge in [0.1, 0.15) is 0 Å². The zero-order valence-electron chi connectivity index (χ0n) is 9.32. The molecular weight excluding hydrogens is 210 g/mol. The number of benzene rings is 1. The summed E-state index contributed by atoms with van der Waals surface area (Å²) >= 11 is 0. The van der Waals surface area contributed by atoms with Gasteiger partial charge in [0, 0.05) is 6.54 Å². The summed E-state index contributed by atoms with van der Waals surface area (Å²) in [6, 6.07) is 7.01. The number of para-hydroxylation sites is 1. The Kier molecular flexibility index (Phi) is 3.74. The van der Waals surface area contributed by atoms with Crippen LogP contribution in [-0.2, 0) is 9.84 Å². The van der Waals surface area contributed by atoms with Gasteiger partial charge in [0.15, 0.2) is 9.84 Å². The molecule has 0 saturated heterocycles. The minimum absolute atomic E-state index is 0.391. The Labute approximate surface area is 91.4 Å². The van der Waals surface area contributed by atoms with Crippen LogP contribution in [0.25, 0.3) is 0 Å². The lowest BCUT2D eigenvalue weighted by atomic mass is 10.3. The SMILES string of the molecule is CCNc1ccccc1S(=O)(=O)C(C)C. The van der Waals surface area contributed by atoms with Crippen molar-refractivity contribution in [3.63, 3.8) is 0 Å². The van der Waals surface area contributed by atoms with E-state index < -0.39 is 15.1 Å². The number of sulfone groups is 1. The smallest absolute Gasteiger partial charge is 0.182 e. The standard InChI is InChI=1S/C11H17NO2S/c1-4-12-10-7-5-6-8-11(10)15(13,14)9(2)3/h5-9,12H,4H2,1-3H3. The molecule has 1 rings (SSSR count). The number of nitrogens with one attached hydrogen (secondary N) is 1. The third kappa shape index (κ3) is 2.50. The van der Waals surface area contributed by atoms with E-state index >= 15 is 0 Å². The molecule has 0 amide bonds. The van der Waals surface area contributed by atoms with E-state index in [-0.39, 0.29) is 0 Å². The second-order valence-corrected chi connectivity index (χ2v) is 6.09. The highest BCUT2D eigenvalue weighted by molar-refractivity contribution is 7.92. The van der Waals surface area contributed by atoms with Gasteiger partial charge < -0.3 is 5.32 Å². The van der Waals surface area contributed by atoms with E-state index in [4.69, 9.17) is 0 Å². The first-order valence-electron chi connectivity index (χ1n) is 5.07. The summed E-state index contributed by atoms with van der Waals surface area (Å²) in [5, 5.41) is 2.67. The van der Waals surface area contributed by atoms with E-state index in [1.807, 2.05) is 13.0 Å². The van der Waals surface area contributed by atoms with Crippen LogP contribution in [0.5, 0.6) is 0 Å². The van der Waals surface area contributed by atoms with Gasteiger partial charge in [0.2, 0.25) is 0 Å². The monoisotopic (exact) mass is 227 g/mol. The van der Waals surface area contributed by atoms with Gasteiger partial charge in [-0.05, 0) is 32.9 Å². The van der Waals surface area contributed by atoms with Crippen LogP contribution in [0.15, 0.2) is 29.2 Å². The van der Waals surface area contributed by atoms with Gasteiger partial charge in [0.25, 0.3) is 0 Å². The Balaban J connectivity index is 3.25. The Morgan fingerprint density at radius 3 is 2.40 bits per heavy atom. The molecule has 3 nitrogen and oxygen atoms in total. The van der Waals surface area contributed by atoms with Gasteiger partial charge in [-0.15, -0.1) is 0 Å². The average Bonchev–Trinajstić information content (AvgIpc) is 2.18. The lowest BCUT2D eigenvalue weighted by molar-refractivity contribution is 0.587. The van der Waals surface area contributed by atoms with Crippen LogP contribution < -0.4 is 5.32 Å². The van der Waals surface area contributed by atoms with E-state index in [1.165, 1.54) is 0 Å². The van der Waals surface area contributed by atoms with Gasteiger partial charge in [-0.25, -0.2) is 8.42 Å². The average molecular weight is 227 g/mol. The predicted octanol–water partition coefficient (Wildman–Crippen LogP) is 2.30. The topological polar surface area (TPSA) is 46.2 Å². The second kappa shape index (κ2) is 4.66. The molecule has 0 fully saturated rings. The molecule has 0 atom stereocenters.